The first kappa shape index (κ1) is 14.3. The number of amides is 1. The minimum absolute atomic E-state index is 0.0333. The summed E-state index contributed by atoms with van der Waals surface area (Å²) in [5.74, 6) is -0.433. The van der Waals surface area contributed by atoms with Crippen LogP contribution in [0, 0.1) is 6.92 Å². The molecule has 3 nitrogen and oxygen atoms in total. The molecule has 0 unspecified atom stereocenters. The fourth-order valence-corrected chi connectivity index (χ4v) is 2.15. The molecule has 0 aliphatic carbocycles. The number of benzene rings is 2. The molecule has 0 saturated carbocycles. The van der Waals surface area contributed by atoms with Gasteiger partial charge in [-0.15, -0.1) is 0 Å². The Morgan fingerprint density at radius 2 is 1.75 bits per heavy atom. The van der Waals surface area contributed by atoms with E-state index in [9.17, 15) is 9.59 Å². The van der Waals surface area contributed by atoms with E-state index in [1.165, 1.54) is 0 Å². The average Bonchev–Trinajstić information content (AvgIpc) is 2.44. The van der Waals surface area contributed by atoms with Gasteiger partial charge in [0, 0.05) is 16.1 Å². The summed E-state index contributed by atoms with van der Waals surface area (Å²) in [4.78, 5) is 23.8. The Balaban J connectivity index is 2.00. The molecule has 102 valence electrons. The van der Waals surface area contributed by atoms with Crippen LogP contribution in [0.3, 0.4) is 0 Å². The normalized spacial score (nSPS) is 10.1. The number of Topliss-reactive ketones (excluding diaryl/α,β-unsaturated/α-hetero) is 1. The summed E-state index contributed by atoms with van der Waals surface area (Å²) >= 11 is 5.91. The van der Waals surface area contributed by atoms with Crippen molar-refractivity contribution >= 4 is 23.3 Å². The van der Waals surface area contributed by atoms with E-state index in [0.29, 0.717) is 16.1 Å². The number of halogens is 1. The zero-order chi connectivity index (χ0) is 14.5. The molecule has 0 heterocycles. The van der Waals surface area contributed by atoms with E-state index in [4.69, 9.17) is 11.6 Å². The van der Waals surface area contributed by atoms with Gasteiger partial charge in [0.1, 0.15) is 0 Å². The third-order valence-corrected chi connectivity index (χ3v) is 3.03. The van der Waals surface area contributed by atoms with E-state index in [1.54, 1.807) is 42.5 Å². The van der Waals surface area contributed by atoms with E-state index in [1.807, 2.05) is 13.0 Å². The van der Waals surface area contributed by atoms with Gasteiger partial charge in [0.25, 0.3) is 5.91 Å². The first-order valence-electron chi connectivity index (χ1n) is 6.20. The van der Waals surface area contributed by atoms with Crippen LogP contribution in [0.15, 0.2) is 48.5 Å². The lowest BCUT2D eigenvalue weighted by atomic mass is 10.1. The average molecular weight is 288 g/mol. The summed E-state index contributed by atoms with van der Waals surface area (Å²) in [5.41, 5.74) is 1.93. The van der Waals surface area contributed by atoms with Gasteiger partial charge in [-0.2, -0.15) is 0 Å². The van der Waals surface area contributed by atoms with Crippen LogP contribution in [0.25, 0.3) is 0 Å². The molecule has 20 heavy (non-hydrogen) atoms. The Kier molecular flexibility index (Phi) is 4.53. The minimum Gasteiger partial charge on any atom is -0.345 e. The van der Waals surface area contributed by atoms with Crippen LogP contribution in [0.5, 0.6) is 0 Å². The quantitative estimate of drug-likeness (QED) is 0.877. The molecule has 0 aliphatic heterocycles. The maximum Gasteiger partial charge on any atom is 0.251 e. The summed E-state index contributed by atoms with van der Waals surface area (Å²) in [6.45, 7) is 1.83. The number of carbonyl (C=O) groups excluding carboxylic acids is 2. The second kappa shape index (κ2) is 6.35. The van der Waals surface area contributed by atoms with Crippen molar-refractivity contribution in [3.63, 3.8) is 0 Å². The number of ketones is 1. The molecule has 0 saturated heterocycles. The van der Waals surface area contributed by atoms with Crippen LogP contribution in [-0.2, 0) is 0 Å². The Morgan fingerprint density at radius 3 is 2.40 bits per heavy atom. The van der Waals surface area contributed by atoms with Gasteiger partial charge in [-0.3, -0.25) is 9.59 Å². The lowest BCUT2D eigenvalue weighted by Gasteiger charge is -2.06. The van der Waals surface area contributed by atoms with Crippen LogP contribution in [0.2, 0.25) is 5.02 Å². The van der Waals surface area contributed by atoms with Crippen molar-refractivity contribution in [3.8, 4) is 0 Å². The number of rotatable bonds is 4. The van der Waals surface area contributed by atoms with Crippen molar-refractivity contribution in [2.24, 2.45) is 0 Å². The molecule has 4 heteroatoms. The largest absolute Gasteiger partial charge is 0.345 e. The van der Waals surface area contributed by atoms with Crippen LogP contribution in [-0.4, -0.2) is 18.2 Å². The number of aryl methyl sites for hydroxylation is 1. The molecule has 0 aromatic heterocycles. The summed E-state index contributed by atoms with van der Waals surface area (Å²) in [7, 11) is 0. The van der Waals surface area contributed by atoms with Crippen molar-refractivity contribution in [2.75, 3.05) is 6.54 Å². The van der Waals surface area contributed by atoms with Gasteiger partial charge >= 0.3 is 0 Å². The summed E-state index contributed by atoms with van der Waals surface area (Å²) in [6, 6.07) is 13.9. The topological polar surface area (TPSA) is 46.2 Å². The molecule has 0 aliphatic rings. The van der Waals surface area contributed by atoms with Crippen LogP contribution in [0.1, 0.15) is 26.3 Å². The highest BCUT2D eigenvalue weighted by molar-refractivity contribution is 6.31. The molecule has 0 radical (unpaired) electrons. The summed E-state index contributed by atoms with van der Waals surface area (Å²) in [5, 5.41) is 3.11. The maximum atomic E-state index is 12.0. The molecule has 2 rings (SSSR count). The number of hydrogen-bond acceptors (Lipinski definition) is 2. The number of nitrogens with one attached hydrogen (secondary N) is 1. The molecule has 0 fully saturated rings. The molecule has 1 N–H and O–H groups in total. The van der Waals surface area contributed by atoms with E-state index in [2.05, 4.69) is 5.32 Å². The monoisotopic (exact) mass is 287 g/mol. The Hall–Kier alpha value is -2.13. The Bertz CT molecular complexity index is 618. The lowest BCUT2D eigenvalue weighted by Crippen LogP contribution is -2.29. The zero-order valence-corrected chi connectivity index (χ0v) is 11.8. The standard InChI is InChI=1S/C16H14ClNO2/c1-11-7-13(9-14(17)8-11)16(20)18-10-15(19)12-5-3-2-4-6-12/h2-9H,10H2,1H3,(H,18,20). The number of carbonyl (C=O) groups is 2. The fraction of sp³-hybridized carbons (Fsp3) is 0.125. The Labute approximate surface area is 122 Å². The van der Waals surface area contributed by atoms with Gasteiger partial charge in [0.05, 0.1) is 6.54 Å². The molecule has 0 atom stereocenters. The van der Waals surface area contributed by atoms with Crippen molar-refractivity contribution in [1.82, 2.24) is 5.32 Å². The van der Waals surface area contributed by atoms with Gasteiger partial charge in [-0.05, 0) is 30.7 Å². The van der Waals surface area contributed by atoms with Gasteiger partial charge < -0.3 is 5.32 Å². The van der Waals surface area contributed by atoms with Gasteiger partial charge in [-0.25, -0.2) is 0 Å². The predicted octanol–water partition coefficient (Wildman–Crippen LogP) is 3.26. The van der Waals surface area contributed by atoms with Crippen molar-refractivity contribution in [3.05, 3.63) is 70.2 Å². The molecule has 2 aromatic carbocycles. The van der Waals surface area contributed by atoms with Crippen molar-refractivity contribution < 1.29 is 9.59 Å². The highest BCUT2D eigenvalue weighted by atomic mass is 35.5. The van der Waals surface area contributed by atoms with E-state index >= 15 is 0 Å². The lowest BCUT2D eigenvalue weighted by molar-refractivity contribution is 0.0904. The van der Waals surface area contributed by atoms with E-state index in [-0.39, 0.29) is 18.2 Å². The molecular weight excluding hydrogens is 274 g/mol. The third kappa shape index (κ3) is 3.68. The van der Waals surface area contributed by atoms with Gasteiger partial charge in [-0.1, -0.05) is 41.9 Å². The fourth-order valence-electron chi connectivity index (χ4n) is 1.86. The third-order valence-electron chi connectivity index (χ3n) is 2.81. The maximum absolute atomic E-state index is 12.0. The Morgan fingerprint density at radius 1 is 1.05 bits per heavy atom. The van der Waals surface area contributed by atoms with Gasteiger partial charge in [0.15, 0.2) is 5.78 Å². The molecular formula is C16H14ClNO2. The van der Waals surface area contributed by atoms with Crippen molar-refractivity contribution in [2.45, 2.75) is 6.92 Å². The van der Waals surface area contributed by atoms with Crippen LogP contribution in [0.4, 0.5) is 0 Å². The highest BCUT2D eigenvalue weighted by Crippen LogP contribution is 2.14. The van der Waals surface area contributed by atoms with Crippen LogP contribution >= 0.6 is 11.6 Å². The first-order chi connectivity index (χ1) is 9.56. The second-order valence-corrected chi connectivity index (χ2v) is 4.93. The van der Waals surface area contributed by atoms with Gasteiger partial charge in [0.2, 0.25) is 0 Å². The van der Waals surface area contributed by atoms with E-state index in [0.717, 1.165) is 5.56 Å². The summed E-state index contributed by atoms with van der Waals surface area (Å²) < 4.78 is 0. The zero-order valence-electron chi connectivity index (χ0n) is 11.0. The van der Waals surface area contributed by atoms with Crippen LogP contribution < -0.4 is 5.32 Å². The number of hydrogen-bond donors (Lipinski definition) is 1. The smallest absolute Gasteiger partial charge is 0.251 e. The van der Waals surface area contributed by atoms with Crippen molar-refractivity contribution in [1.29, 1.82) is 0 Å². The molecule has 2 aromatic rings. The minimum atomic E-state index is -0.306. The summed E-state index contributed by atoms with van der Waals surface area (Å²) in [6.07, 6.45) is 0. The van der Waals surface area contributed by atoms with E-state index < -0.39 is 0 Å². The molecule has 0 bridgehead atoms. The highest BCUT2D eigenvalue weighted by Gasteiger charge is 2.10. The first-order valence-corrected chi connectivity index (χ1v) is 6.58. The molecule has 0 spiro atoms. The predicted molar refractivity (Wildman–Crippen MR) is 79.3 cm³/mol. The second-order valence-electron chi connectivity index (χ2n) is 4.49. The molecule has 1 amide bonds. The SMILES string of the molecule is Cc1cc(Cl)cc(C(=O)NCC(=O)c2ccccc2)c1.